The second-order valence-electron chi connectivity index (χ2n) is 5.16. The summed E-state index contributed by atoms with van der Waals surface area (Å²) < 4.78 is 5.20. The first-order valence-corrected chi connectivity index (χ1v) is 8.44. The summed E-state index contributed by atoms with van der Waals surface area (Å²) in [6, 6.07) is 13.1. The van der Waals surface area contributed by atoms with Crippen LogP contribution in [0.2, 0.25) is 10.0 Å². The van der Waals surface area contributed by atoms with Gasteiger partial charge in [-0.25, -0.2) is 4.79 Å². The Morgan fingerprint density at radius 1 is 1.08 bits per heavy atom. The molecule has 0 bridgehead atoms. The van der Waals surface area contributed by atoms with E-state index in [0.717, 1.165) is 0 Å². The van der Waals surface area contributed by atoms with Crippen LogP contribution in [0.4, 0.5) is 5.69 Å². The maximum atomic E-state index is 12.5. The summed E-state index contributed by atoms with van der Waals surface area (Å²) in [5.74, 6) is -0.562. The van der Waals surface area contributed by atoms with Crippen LogP contribution in [0, 0.1) is 10.1 Å². The predicted octanol–water partition coefficient (Wildman–Crippen LogP) is 4.29. The van der Waals surface area contributed by atoms with Crippen LogP contribution in [0.5, 0.6) is 0 Å². The van der Waals surface area contributed by atoms with E-state index in [9.17, 15) is 14.9 Å². The van der Waals surface area contributed by atoms with Crippen LogP contribution in [-0.2, 0) is 14.4 Å². The van der Waals surface area contributed by atoms with Crippen LogP contribution in [0.1, 0.15) is 18.0 Å². The number of halogens is 2. The highest BCUT2D eigenvalue weighted by Gasteiger charge is 2.23. The molecule has 0 fully saturated rings. The number of ether oxygens (including phenoxy) is 1. The van der Waals surface area contributed by atoms with Gasteiger partial charge in [0.05, 0.1) is 28.9 Å². The summed E-state index contributed by atoms with van der Waals surface area (Å²) in [5.41, 5.74) is 1.08. The zero-order valence-electron chi connectivity index (χ0n) is 13.6. The lowest BCUT2D eigenvalue weighted by Crippen LogP contribution is -2.24. The number of benzene rings is 2. The third-order valence-electron chi connectivity index (χ3n) is 3.35. The van der Waals surface area contributed by atoms with Gasteiger partial charge in [-0.15, -0.1) is 10.1 Å². The number of esters is 1. The molecule has 9 heteroatoms. The molecule has 7 nitrogen and oxygen atoms in total. The second-order valence-corrected chi connectivity index (χ2v) is 5.98. The Morgan fingerprint density at radius 3 is 2.35 bits per heavy atom. The lowest BCUT2D eigenvalue weighted by molar-refractivity contribution is -0.757. The number of anilines is 1. The molecule has 2 aromatic rings. The van der Waals surface area contributed by atoms with Crippen LogP contribution in [0.3, 0.4) is 0 Å². The van der Waals surface area contributed by atoms with Gasteiger partial charge in [0.2, 0.25) is 0 Å². The van der Waals surface area contributed by atoms with Crippen molar-refractivity contribution in [3.63, 3.8) is 0 Å². The van der Waals surface area contributed by atoms with Crippen molar-refractivity contribution in [1.29, 1.82) is 0 Å². The molecule has 26 heavy (non-hydrogen) atoms. The molecule has 1 unspecified atom stereocenters. The zero-order chi connectivity index (χ0) is 18.9. The third-order valence-corrected chi connectivity index (χ3v) is 3.98. The number of para-hydroxylation sites is 1. The van der Waals surface area contributed by atoms with E-state index in [1.54, 1.807) is 42.5 Å². The van der Waals surface area contributed by atoms with Crippen LogP contribution in [0.25, 0.3) is 0 Å². The van der Waals surface area contributed by atoms with E-state index in [-0.39, 0.29) is 19.6 Å². The van der Waals surface area contributed by atoms with Gasteiger partial charge >= 0.3 is 5.97 Å². The second kappa shape index (κ2) is 9.84. The number of hydrogen-bond donors (Lipinski definition) is 1. The summed E-state index contributed by atoms with van der Waals surface area (Å²) in [6.07, 6.45) is 0.196. The van der Waals surface area contributed by atoms with E-state index in [1.165, 1.54) is 0 Å². The fraction of sp³-hybridized carbons (Fsp3) is 0.235. The fourth-order valence-electron chi connectivity index (χ4n) is 2.16. The van der Waals surface area contributed by atoms with Crippen molar-refractivity contribution in [2.24, 2.45) is 0 Å². The summed E-state index contributed by atoms with van der Waals surface area (Å²) in [5, 5.41) is 12.9. The van der Waals surface area contributed by atoms with Gasteiger partial charge < -0.3 is 14.9 Å². The van der Waals surface area contributed by atoms with Gasteiger partial charge in [-0.05, 0) is 17.7 Å². The van der Waals surface area contributed by atoms with E-state index in [1.807, 2.05) is 6.07 Å². The van der Waals surface area contributed by atoms with Gasteiger partial charge in [0, 0.05) is 6.42 Å². The Balaban J connectivity index is 2.09. The van der Waals surface area contributed by atoms with Crippen LogP contribution >= 0.6 is 23.2 Å². The standard InChI is InChI=1S/C17H16Cl2N2O5/c18-13-8-4-9-14(19)16(13)20-15(12-6-2-1-3-7-12)17(22)25-10-5-11-26-21(23)24/h1-4,6-9,15,20H,5,10-11H2. The number of hydrogen-bond acceptors (Lipinski definition) is 6. The quantitative estimate of drug-likeness (QED) is 0.293. The third kappa shape index (κ3) is 5.79. The average molecular weight is 399 g/mol. The topological polar surface area (TPSA) is 90.7 Å². The predicted molar refractivity (Wildman–Crippen MR) is 97.8 cm³/mol. The maximum absolute atomic E-state index is 12.5. The largest absolute Gasteiger partial charge is 0.464 e. The molecule has 0 saturated heterocycles. The highest BCUT2D eigenvalue weighted by molar-refractivity contribution is 6.39. The van der Waals surface area contributed by atoms with Gasteiger partial charge in [-0.1, -0.05) is 59.6 Å². The number of nitrogens with one attached hydrogen (secondary N) is 1. The summed E-state index contributed by atoms with van der Waals surface area (Å²) in [4.78, 5) is 26.8. The molecule has 0 aromatic heterocycles. The Hall–Kier alpha value is -2.51. The number of rotatable bonds is 9. The molecule has 0 spiro atoms. The summed E-state index contributed by atoms with van der Waals surface area (Å²) in [6.45, 7) is -0.173. The first-order chi connectivity index (χ1) is 12.5. The Bertz CT molecular complexity index is 738. The Kier molecular flexibility index (Phi) is 7.50. The summed E-state index contributed by atoms with van der Waals surface area (Å²) >= 11 is 12.3. The number of nitrogens with zero attached hydrogens (tertiary/aromatic N) is 1. The van der Waals surface area contributed by atoms with Crippen molar-refractivity contribution in [1.82, 2.24) is 0 Å². The molecule has 1 N–H and O–H groups in total. The van der Waals surface area contributed by atoms with Crippen molar-refractivity contribution in [3.05, 3.63) is 74.3 Å². The van der Waals surface area contributed by atoms with E-state index < -0.39 is 17.1 Å². The van der Waals surface area contributed by atoms with Crippen molar-refractivity contribution in [3.8, 4) is 0 Å². The van der Waals surface area contributed by atoms with Crippen molar-refractivity contribution >= 4 is 34.9 Å². The van der Waals surface area contributed by atoms with E-state index in [0.29, 0.717) is 21.3 Å². The van der Waals surface area contributed by atoms with Crippen molar-refractivity contribution < 1.29 is 19.5 Å². The van der Waals surface area contributed by atoms with Gasteiger partial charge in [-0.3, -0.25) is 0 Å². The maximum Gasteiger partial charge on any atom is 0.333 e. The van der Waals surface area contributed by atoms with Crippen molar-refractivity contribution in [2.75, 3.05) is 18.5 Å². The molecule has 0 aliphatic carbocycles. The molecule has 1 atom stereocenters. The molecule has 0 aliphatic rings. The molecule has 0 amide bonds. The first-order valence-electron chi connectivity index (χ1n) is 7.68. The minimum absolute atomic E-state index is 0.0199. The minimum atomic E-state index is -0.893. The highest BCUT2D eigenvalue weighted by atomic mass is 35.5. The summed E-state index contributed by atoms with van der Waals surface area (Å²) in [7, 11) is 0. The molecule has 0 heterocycles. The molecule has 0 radical (unpaired) electrons. The Morgan fingerprint density at radius 2 is 1.73 bits per heavy atom. The molecule has 2 rings (SSSR count). The molecule has 0 aliphatic heterocycles. The minimum Gasteiger partial charge on any atom is -0.464 e. The molecular weight excluding hydrogens is 383 g/mol. The van der Waals surface area contributed by atoms with Gasteiger partial charge in [-0.2, -0.15) is 0 Å². The molecule has 0 saturated carbocycles. The van der Waals surface area contributed by atoms with Crippen LogP contribution in [-0.4, -0.2) is 24.3 Å². The SMILES string of the molecule is O=C(OCCCO[N+](=O)[O-])C(Nc1c(Cl)cccc1Cl)c1ccccc1. The van der Waals surface area contributed by atoms with E-state index in [2.05, 4.69) is 10.2 Å². The average Bonchev–Trinajstić information content (AvgIpc) is 2.61. The normalized spacial score (nSPS) is 11.5. The lowest BCUT2D eigenvalue weighted by atomic mass is 10.1. The van der Waals surface area contributed by atoms with Crippen molar-refractivity contribution in [2.45, 2.75) is 12.5 Å². The molecular formula is C17H16Cl2N2O5. The first kappa shape index (κ1) is 19.8. The smallest absolute Gasteiger partial charge is 0.333 e. The van der Waals surface area contributed by atoms with Crippen LogP contribution < -0.4 is 5.32 Å². The van der Waals surface area contributed by atoms with Gasteiger partial charge in [0.25, 0.3) is 5.09 Å². The monoisotopic (exact) mass is 398 g/mol. The number of carbonyl (C=O) groups excluding carboxylic acids is 1. The van der Waals surface area contributed by atoms with E-state index >= 15 is 0 Å². The van der Waals surface area contributed by atoms with Gasteiger partial charge in [0.15, 0.2) is 6.04 Å². The van der Waals surface area contributed by atoms with E-state index in [4.69, 9.17) is 27.9 Å². The van der Waals surface area contributed by atoms with Gasteiger partial charge in [0.1, 0.15) is 0 Å². The zero-order valence-corrected chi connectivity index (χ0v) is 15.1. The molecule has 138 valence electrons. The number of carbonyl (C=O) groups is 1. The Labute approximate surface area is 159 Å². The highest BCUT2D eigenvalue weighted by Crippen LogP contribution is 2.33. The lowest BCUT2D eigenvalue weighted by Gasteiger charge is -2.20. The van der Waals surface area contributed by atoms with Crippen LogP contribution in [0.15, 0.2) is 48.5 Å². The fourth-order valence-corrected chi connectivity index (χ4v) is 2.66. The molecule has 2 aromatic carbocycles.